The first-order valence-electron chi connectivity index (χ1n) is 8.87. The van der Waals surface area contributed by atoms with Gasteiger partial charge in [-0.3, -0.25) is 24.6 Å². The SMILES string of the molecule is COCc1cc([N+](=O)[O-])ccc1NC1CCC(N2C(=O)CCC2=O)CC1. The number of methoxy groups -OCH3 is 1. The molecular weight excluding hydrogens is 338 g/mol. The van der Waals surface area contributed by atoms with Crippen LogP contribution in [0.1, 0.15) is 44.1 Å². The van der Waals surface area contributed by atoms with Crippen molar-refractivity contribution in [3.05, 3.63) is 33.9 Å². The predicted molar refractivity (Wildman–Crippen MR) is 94.6 cm³/mol. The summed E-state index contributed by atoms with van der Waals surface area (Å²) in [7, 11) is 1.55. The van der Waals surface area contributed by atoms with Gasteiger partial charge in [-0.2, -0.15) is 0 Å². The zero-order valence-electron chi connectivity index (χ0n) is 14.8. The molecule has 1 saturated carbocycles. The molecule has 1 aliphatic heterocycles. The van der Waals surface area contributed by atoms with Crippen LogP contribution in [0.25, 0.3) is 0 Å². The molecule has 26 heavy (non-hydrogen) atoms. The molecule has 0 radical (unpaired) electrons. The number of benzene rings is 1. The molecule has 2 aliphatic rings. The fourth-order valence-corrected chi connectivity index (χ4v) is 3.81. The molecule has 0 atom stereocenters. The predicted octanol–water partition coefficient (Wildman–Crippen LogP) is 2.61. The van der Waals surface area contributed by atoms with Crippen LogP contribution in [0.4, 0.5) is 11.4 Å². The minimum atomic E-state index is -0.418. The first-order valence-corrected chi connectivity index (χ1v) is 8.87. The lowest BCUT2D eigenvalue weighted by molar-refractivity contribution is -0.384. The summed E-state index contributed by atoms with van der Waals surface area (Å²) in [6, 6.07) is 4.93. The molecule has 3 rings (SSSR count). The van der Waals surface area contributed by atoms with Gasteiger partial charge in [-0.15, -0.1) is 0 Å². The van der Waals surface area contributed by atoms with Crippen LogP contribution in [-0.4, -0.2) is 40.8 Å². The summed E-state index contributed by atoms with van der Waals surface area (Å²) in [6.07, 6.45) is 3.90. The molecule has 8 heteroatoms. The van der Waals surface area contributed by atoms with Crippen LogP contribution in [0.5, 0.6) is 0 Å². The van der Waals surface area contributed by atoms with E-state index in [4.69, 9.17) is 4.74 Å². The molecule has 8 nitrogen and oxygen atoms in total. The van der Waals surface area contributed by atoms with Crippen LogP contribution < -0.4 is 5.32 Å². The number of carbonyl (C=O) groups excluding carboxylic acids is 2. The Kier molecular flexibility index (Phi) is 5.51. The third kappa shape index (κ3) is 3.85. The number of carbonyl (C=O) groups is 2. The highest BCUT2D eigenvalue weighted by atomic mass is 16.6. The van der Waals surface area contributed by atoms with Crippen molar-refractivity contribution in [3.8, 4) is 0 Å². The van der Waals surface area contributed by atoms with Gasteiger partial charge in [0.1, 0.15) is 0 Å². The largest absolute Gasteiger partial charge is 0.382 e. The summed E-state index contributed by atoms with van der Waals surface area (Å²) >= 11 is 0. The second-order valence-corrected chi connectivity index (χ2v) is 6.84. The maximum Gasteiger partial charge on any atom is 0.269 e. The van der Waals surface area contributed by atoms with Gasteiger partial charge in [-0.25, -0.2) is 0 Å². The lowest BCUT2D eigenvalue weighted by Gasteiger charge is -2.34. The molecule has 1 saturated heterocycles. The van der Waals surface area contributed by atoms with E-state index in [0.29, 0.717) is 12.8 Å². The number of nitro groups is 1. The zero-order valence-corrected chi connectivity index (χ0v) is 14.8. The number of imide groups is 1. The second-order valence-electron chi connectivity index (χ2n) is 6.84. The van der Waals surface area contributed by atoms with Crippen LogP contribution in [0.15, 0.2) is 18.2 Å². The van der Waals surface area contributed by atoms with Crippen LogP contribution in [0.3, 0.4) is 0 Å². The Morgan fingerprint density at radius 1 is 1.19 bits per heavy atom. The number of hydrogen-bond donors (Lipinski definition) is 1. The number of nitrogens with zero attached hydrogens (tertiary/aromatic N) is 2. The summed E-state index contributed by atoms with van der Waals surface area (Å²) in [5, 5.41) is 14.4. The standard InChI is InChI=1S/C18H23N3O5/c1-26-11-12-10-15(21(24)25)6-7-16(12)19-13-2-4-14(5-3-13)20-17(22)8-9-18(20)23/h6-7,10,13-14,19H,2-5,8-9,11H2,1H3. The molecular formula is C18H23N3O5. The van der Waals surface area contributed by atoms with Crippen molar-refractivity contribution in [1.82, 2.24) is 4.90 Å². The number of hydrogen-bond acceptors (Lipinski definition) is 6. The summed E-state index contributed by atoms with van der Waals surface area (Å²) in [5.74, 6) is -0.103. The van der Waals surface area contributed by atoms with Crippen molar-refractivity contribution in [2.45, 2.75) is 57.2 Å². The summed E-state index contributed by atoms with van der Waals surface area (Å²) in [6.45, 7) is 0.288. The van der Waals surface area contributed by atoms with Gasteiger partial charge in [0.25, 0.3) is 5.69 Å². The molecule has 0 bridgehead atoms. The maximum atomic E-state index is 11.9. The average Bonchev–Trinajstić information content (AvgIpc) is 2.96. The molecule has 0 unspecified atom stereocenters. The first kappa shape index (κ1) is 18.3. The molecule has 140 valence electrons. The number of nitrogens with one attached hydrogen (secondary N) is 1. The van der Waals surface area contributed by atoms with E-state index in [9.17, 15) is 19.7 Å². The Balaban J connectivity index is 1.63. The fourth-order valence-electron chi connectivity index (χ4n) is 3.81. The highest BCUT2D eigenvalue weighted by molar-refractivity contribution is 6.02. The Bertz CT molecular complexity index is 697. The minimum Gasteiger partial charge on any atom is -0.382 e. The van der Waals surface area contributed by atoms with Crippen LogP contribution in [-0.2, 0) is 20.9 Å². The first-order chi connectivity index (χ1) is 12.5. The van der Waals surface area contributed by atoms with Gasteiger partial charge in [-0.1, -0.05) is 0 Å². The van der Waals surface area contributed by atoms with Gasteiger partial charge in [-0.05, 0) is 31.7 Å². The smallest absolute Gasteiger partial charge is 0.269 e. The fraction of sp³-hybridized carbons (Fsp3) is 0.556. The van der Waals surface area contributed by atoms with Crippen LogP contribution in [0, 0.1) is 10.1 Å². The lowest BCUT2D eigenvalue weighted by atomic mass is 9.90. The topological polar surface area (TPSA) is 102 Å². The Hall–Kier alpha value is -2.48. The van der Waals surface area contributed by atoms with Gasteiger partial charge < -0.3 is 10.1 Å². The lowest BCUT2D eigenvalue weighted by Crippen LogP contribution is -2.43. The number of ether oxygens (including phenoxy) is 1. The Labute approximate surface area is 151 Å². The van der Waals surface area contributed by atoms with Gasteiger partial charge in [0.2, 0.25) is 11.8 Å². The number of anilines is 1. The van der Waals surface area contributed by atoms with E-state index in [-0.39, 0.29) is 36.2 Å². The molecule has 2 amide bonds. The molecule has 2 fully saturated rings. The molecule has 0 spiro atoms. The normalized spacial score (nSPS) is 23.3. The minimum absolute atomic E-state index is 0.00542. The third-order valence-electron chi connectivity index (χ3n) is 5.11. The van der Waals surface area contributed by atoms with Crippen molar-refractivity contribution in [3.63, 3.8) is 0 Å². The second kappa shape index (κ2) is 7.82. The van der Waals surface area contributed by atoms with Crippen molar-refractivity contribution >= 4 is 23.2 Å². The van der Waals surface area contributed by atoms with E-state index in [1.54, 1.807) is 13.2 Å². The Morgan fingerprint density at radius 2 is 1.85 bits per heavy atom. The summed E-state index contributed by atoms with van der Waals surface area (Å²) in [4.78, 5) is 35.8. The van der Waals surface area contributed by atoms with Gasteiger partial charge in [0, 0.05) is 55.4 Å². The van der Waals surface area contributed by atoms with Gasteiger partial charge in [0.15, 0.2) is 0 Å². The summed E-state index contributed by atoms with van der Waals surface area (Å²) < 4.78 is 5.16. The van der Waals surface area contributed by atoms with Crippen LogP contribution >= 0.6 is 0 Å². The van der Waals surface area contributed by atoms with Gasteiger partial charge >= 0.3 is 0 Å². The highest BCUT2D eigenvalue weighted by Crippen LogP contribution is 2.30. The maximum absolute atomic E-state index is 11.9. The van der Waals surface area contributed by atoms with Crippen molar-refractivity contribution in [1.29, 1.82) is 0 Å². The average molecular weight is 361 g/mol. The molecule has 0 aromatic heterocycles. The highest BCUT2D eigenvalue weighted by Gasteiger charge is 2.36. The zero-order chi connectivity index (χ0) is 18.7. The number of likely N-dealkylation sites (tertiary alicyclic amines) is 1. The molecule has 1 aromatic carbocycles. The van der Waals surface area contributed by atoms with Crippen molar-refractivity contribution in [2.24, 2.45) is 0 Å². The molecule has 1 N–H and O–H groups in total. The van der Waals surface area contributed by atoms with E-state index in [2.05, 4.69) is 5.32 Å². The van der Waals surface area contributed by atoms with E-state index in [0.717, 1.165) is 36.9 Å². The van der Waals surface area contributed by atoms with E-state index >= 15 is 0 Å². The molecule has 1 heterocycles. The number of non-ortho nitro benzene ring substituents is 1. The van der Waals surface area contributed by atoms with E-state index < -0.39 is 4.92 Å². The molecule has 1 aliphatic carbocycles. The van der Waals surface area contributed by atoms with Gasteiger partial charge in [0.05, 0.1) is 11.5 Å². The Morgan fingerprint density at radius 3 is 2.42 bits per heavy atom. The third-order valence-corrected chi connectivity index (χ3v) is 5.11. The van der Waals surface area contributed by atoms with E-state index in [1.807, 2.05) is 0 Å². The summed E-state index contributed by atoms with van der Waals surface area (Å²) in [5.41, 5.74) is 1.61. The number of amides is 2. The number of nitro benzene ring substituents is 1. The number of rotatable bonds is 6. The van der Waals surface area contributed by atoms with E-state index in [1.165, 1.54) is 17.0 Å². The van der Waals surface area contributed by atoms with Crippen molar-refractivity contribution < 1.29 is 19.2 Å². The monoisotopic (exact) mass is 361 g/mol. The quantitative estimate of drug-likeness (QED) is 0.475. The molecule has 1 aromatic rings. The van der Waals surface area contributed by atoms with Crippen molar-refractivity contribution in [2.75, 3.05) is 12.4 Å². The van der Waals surface area contributed by atoms with Crippen LogP contribution in [0.2, 0.25) is 0 Å².